The molecular formula is C26H23N3O5. The maximum absolute atomic E-state index is 12.3. The predicted molar refractivity (Wildman–Crippen MR) is 125 cm³/mol. The first-order valence-electron chi connectivity index (χ1n) is 10.7. The van der Waals surface area contributed by atoms with Gasteiger partial charge in [0.25, 0.3) is 5.91 Å². The van der Waals surface area contributed by atoms with Crippen LogP contribution >= 0.6 is 0 Å². The smallest absolute Gasteiger partial charge is 0.407 e. The zero-order valence-corrected chi connectivity index (χ0v) is 18.2. The van der Waals surface area contributed by atoms with Crippen LogP contribution in [-0.2, 0) is 16.1 Å². The van der Waals surface area contributed by atoms with Crippen molar-refractivity contribution in [3.05, 3.63) is 101 Å². The third-order valence-corrected chi connectivity index (χ3v) is 5.48. The fourth-order valence-electron chi connectivity index (χ4n) is 3.94. The van der Waals surface area contributed by atoms with Gasteiger partial charge < -0.3 is 20.5 Å². The Bertz CT molecular complexity index is 1210. The maximum Gasteiger partial charge on any atom is 0.407 e. The van der Waals surface area contributed by atoms with Crippen LogP contribution in [0.5, 0.6) is 0 Å². The van der Waals surface area contributed by atoms with Gasteiger partial charge in [-0.05, 0) is 34.4 Å². The molecule has 0 unspecified atom stereocenters. The van der Waals surface area contributed by atoms with Crippen LogP contribution in [0.2, 0.25) is 0 Å². The van der Waals surface area contributed by atoms with E-state index in [9.17, 15) is 14.4 Å². The van der Waals surface area contributed by atoms with Crippen molar-refractivity contribution >= 4 is 18.0 Å². The quantitative estimate of drug-likeness (QED) is 0.446. The second-order valence-electron chi connectivity index (χ2n) is 7.67. The number of nitrogens with zero attached hydrogens (tertiary/aromatic N) is 1. The van der Waals surface area contributed by atoms with Crippen molar-refractivity contribution in [3.8, 4) is 11.1 Å². The molecule has 2 amide bonds. The van der Waals surface area contributed by atoms with Gasteiger partial charge in [-0.3, -0.25) is 9.78 Å². The van der Waals surface area contributed by atoms with E-state index in [4.69, 9.17) is 9.84 Å². The van der Waals surface area contributed by atoms with Gasteiger partial charge in [-0.15, -0.1) is 0 Å². The summed E-state index contributed by atoms with van der Waals surface area (Å²) in [6.07, 6.45) is 3.19. The number of carboxylic acid groups (broad SMARTS) is 1. The third kappa shape index (κ3) is 5.29. The van der Waals surface area contributed by atoms with Crippen molar-refractivity contribution in [1.82, 2.24) is 15.6 Å². The van der Waals surface area contributed by atoms with E-state index >= 15 is 0 Å². The topological polar surface area (TPSA) is 118 Å². The highest BCUT2D eigenvalue weighted by Crippen LogP contribution is 2.44. The number of pyridine rings is 1. The molecule has 0 aliphatic heterocycles. The Kier molecular flexibility index (Phi) is 6.98. The second-order valence-corrected chi connectivity index (χ2v) is 7.67. The molecule has 0 radical (unpaired) electrons. The molecule has 1 aliphatic carbocycles. The summed E-state index contributed by atoms with van der Waals surface area (Å²) in [6.45, 7) is 0.386. The third-order valence-electron chi connectivity index (χ3n) is 5.48. The molecule has 2 aromatic carbocycles. The van der Waals surface area contributed by atoms with E-state index in [2.05, 4.69) is 39.9 Å². The second kappa shape index (κ2) is 10.4. The molecule has 0 atom stereocenters. The lowest BCUT2D eigenvalue weighted by Crippen LogP contribution is -2.27. The highest BCUT2D eigenvalue weighted by molar-refractivity contribution is 5.94. The molecule has 3 aromatic rings. The average Bonchev–Trinajstić information content (AvgIpc) is 3.18. The molecule has 0 bridgehead atoms. The van der Waals surface area contributed by atoms with E-state index in [1.807, 2.05) is 24.3 Å². The molecule has 1 heterocycles. The average molecular weight is 457 g/mol. The van der Waals surface area contributed by atoms with Crippen LogP contribution in [0, 0.1) is 0 Å². The van der Waals surface area contributed by atoms with Crippen LogP contribution in [0.15, 0.2) is 79.0 Å². The molecule has 0 fully saturated rings. The number of alkyl carbamates (subject to hydrolysis) is 1. The van der Waals surface area contributed by atoms with Crippen LogP contribution in [0.1, 0.15) is 33.1 Å². The molecule has 4 rings (SSSR count). The fourth-order valence-corrected chi connectivity index (χ4v) is 3.94. The highest BCUT2D eigenvalue weighted by atomic mass is 16.5. The van der Waals surface area contributed by atoms with Crippen LogP contribution < -0.4 is 10.6 Å². The van der Waals surface area contributed by atoms with Crippen molar-refractivity contribution in [2.24, 2.45) is 0 Å². The van der Waals surface area contributed by atoms with E-state index < -0.39 is 12.1 Å². The largest absolute Gasteiger partial charge is 0.478 e. The molecule has 172 valence electrons. The Labute approximate surface area is 196 Å². The molecule has 1 aliphatic rings. The van der Waals surface area contributed by atoms with E-state index in [1.54, 1.807) is 6.07 Å². The Morgan fingerprint density at radius 1 is 0.971 bits per heavy atom. The lowest BCUT2D eigenvalue weighted by molar-refractivity contribution is -0.131. The Morgan fingerprint density at radius 2 is 1.65 bits per heavy atom. The number of ether oxygens (including phenoxy) is 1. The Balaban J connectivity index is 1.31. The molecule has 34 heavy (non-hydrogen) atoms. The number of rotatable bonds is 8. The summed E-state index contributed by atoms with van der Waals surface area (Å²) in [5.74, 6) is -1.49. The van der Waals surface area contributed by atoms with Gasteiger partial charge in [-0.2, -0.15) is 0 Å². The number of fused-ring (bicyclic) bond motifs is 3. The van der Waals surface area contributed by atoms with Gasteiger partial charge in [0.05, 0.1) is 12.2 Å². The molecule has 0 spiro atoms. The molecule has 1 aromatic heterocycles. The fraction of sp³-hybridized carbons (Fsp3) is 0.154. The van der Waals surface area contributed by atoms with Crippen molar-refractivity contribution in [2.75, 3.05) is 13.2 Å². The van der Waals surface area contributed by atoms with Crippen molar-refractivity contribution in [3.63, 3.8) is 0 Å². The summed E-state index contributed by atoms with van der Waals surface area (Å²) >= 11 is 0. The van der Waals surface area contributed by atoms with Gasteiger partial charge in [0.1, 0.15) is 6.61 Å². The SMILES string of the molecule is O=C(O)/C=C/CNC(=O)c1ccnc(CNC(=O)OCC2c3ccccc3-c3ccccc32)c1. The van der Waals surface area contributed by atoms with Gasteiger partial charge in [0.15, 0.2) is 0 Å². The van der Waals surface area contributed by atoms with Gasteiger partial charge in [0, 0.05) is 30.3 Å². The monoisotopic (exact) mass is 457 g/mol. The number of carboxylic acids is 1. The van der Waals surface area contributed by atoms with Crippen LogP contribution in [0.3, 0.4) is 0 Å². The lowest BCUT2D eigenvalue weighted by Gasteiger charge is -2.14. The minimum absolute atomic E-state index is 0.0292. The summed E-state index contributed by atoms with van der Waals surface area (Å²) in [5.41, 5.74) is 5.42. The van der Waals surface area contributed by atoms with Crippen molar-refractivity contribution in [1.29, 1.82) is 0 Å². The first kappa shape index (κ1) is 22.7. The van der Waals surface area contributed by atoms with Crippen LogP contribution in [0.25, 0.3) is 11.1 Å². The number of amides is 2. The minimum atomic E-state index is -1.08. The summed E-state index contributed by atoms with van der Waals surface area (Å²) in [4.78, 5) is 39.2. The van der Waals surface area contributed by atoms with Gasteiger partial charge in [-0.25, -0.2) is 9.59 Å². The number of carbonyl (C=O) groups is 3. The van der Waals surface area contributed by atoms with E-state index in [0.717, 1.165) is 28.3 Å². The molecule has 8 nitrogen and oxygen atoms in total. The maximum atomic E-state index is 12.3. The van der Waals surface area contributed by atoms with Crippen molar-refractivity contribution in [2.45, 2.75) is 12.5 Å². The number of benzene rings is 2. The first-order valence-corrected chi connectivity index (χ1v) is 10.7. The zero-order valence-electron chi connectivity index (χ0n) is 18.2. The Hall–Kier alpha value is -4.46. The molecule has 0 saturated heterocycles. The van der Waals surface area contributed by atoms with Crippen LogP contribution in [-0.4, -0.2) is 41.2 Å². The Morgan fingerprint density at radius 3 is 2.32 bits per heavy atom. The summed E-state index contributed by atoms with van der Waals surface area (Å²) in [7, 11) is 0. The summed E-state index contributed by atoms with van der Waals surface area (Å²) < 4.78 is 5.51. The lowest BCUT2D eigenvalue weighted by atomic mass is 9.98. The molecule has 0 saturated carbocycles. The number of aromatic nitrogens is 1. The van der Waals surface area contributed by atoms with Crippen molar-refractivity contribution < 1.29 is 24.2 Å². The predicted octanol–water partition coefficient (Wildman–Crippen LogP) is 3.49. The molecule has 3 N–H and O–H groups in total. The summed E-state index contributed by atoms with van der Waals surface area (Å²) in [5, 5.41) is 13.8. The highest BCUT2D eigenvalue weighted by Gasteiger charge is 2.28. The van der Waals surface area contributed by atoms with Gasteiger partial charge in [-0.1, -0.05) is 54.6 Å². The summed E-state index contributed by atoms with van der Waals surface area (Å²) in [6, 6.07) is 19.3. The normalized spacial score (nSPS) is 12.1. The first-order chi connectivity index (χ1) is 16.5. The number of hydrogen-bond acceptors (Lipinski definition) is 5. The van der Waals surface area contributed by atoms with E-state index in [1.165, 1.54) is 18.3 Å². The van der Waals surface area contributed by atoms with E-state index in [0.29, 0.717) is 11.3 Å². The van der Waals surface area contributed by atoms with Gasteiger partial charge >= 0.3 is 12.1 Å². The molecule has 8 heteroatoms. The minimum Gasteiger partial charge on any atom is -0.478 e. The zero-order chi connectivity index (χ0) is 23.9. The number of hydrogen-bond donors (Lipinski definition) is 3. The molecular weight excluding hydrogens is 434 g/mol. The van der Waals surface area contributed by atoms with E-state index in [-0.39, 0.29) is 31.5 Å². The number of carbonyl (C=O) groups excluding carboxylic acids is 2. The number of nitrogens with one attached hydrogen (secondary N) is 2. The van der Waals surface area contributed by atoms with Gasteiger partial charge in [0.2, 0.25) is 0 Å². The van der Waals surface area contributed by atoms with Crippen LogP contribution in [0.4, 0.5) is 4.79 Å². The standard InChI is InChI=1S/C26H23N3O5/c30-24(31)10-5-12-28-25(32)17-11-13-27-18(14-17)15-29-26(33)34-16-23-21-8-3-1-6-19(21)20-7-2-4-9-22(20)23/h1-11,13-14,23H,12,15-16H2,(H,28,32)(H,29,33)(H,30,31)/b10-5+. The number of aliphatic carboxylic acids is 1.